The molecule has 5 aromatic carbocycles. The fourth-order valence-electron chi connectivity index (χ4n) is 9.16. The molecule has 0 unspecified atom stereocenters. The van der Waals surface area contributed by atoms with Gasteiger partial charge in [-0.05, 0) is 88.5 Å². The Hall–Kier alpha value is -3.57. The Balaban J connectivity index is 1.49. The Labute approximate surface area is 267 Å². The highest BCUT2D eigenvalue weighted by molar-refractivity contribution is 9.13. The molecule has 1 saturated carbocycles. The molecule has 9 rings (SSSR count). The van der Waals surface area contributed by atoms with Gasteiger partial charge < -0.3 is 4.74 Å². The second-order valence-corrected chi connectivity index (χ2v) is 13.8. The molecule has 208 valence electrons. The average Bonchev–Trinajstić information content (AvgIpc) is 3.75. The zero-order chi connectivity index (χ0) is 28.9. The van der Waals surface area contributed by atoms with Crippen molar-refractivity contribution in [3.63, 3.8) is 0 Å². The van der Waals surface area contributed by atoms with Gasteiger partial charge in [0.15, 0.2) is 5.78 Å². The van der Waals surface area contributed by atoms with E-state index >= 15 is 4.79 Å². The summed E-state index contributed by atoms with van der Waals surface area (Å²) in [6.45, 7) is 0. The maximum Gasteiger partial charge on any atom is 0.163 e. The van der Waals surface area contributed by atoms with Crippen molar-refractivity contribution in [2.45, 2.75) is 23.0 Å². The van der Waals surface area contributed by atoms with Crippen molar-refractivity contribution < 1.29 is 9.53 Å². The van der Waals surface area contributed by atoms with Gasteiger partial charge in [0.1, 0.15) is 0 Å². The van der Waals surface area contributed by atoms with E-state index in [0.29, 0.717) is 0 Å². The first-order valence-corrected chi connectivity index (χ1v) is 16.3. The number of ketones is 1. The van der Waals surface area contributed by atoms with Crippen LogP contribution in [0.25, 0.3) is 11.1 Å². The molecule has 5 aromatic rings. The molecule has 2 aliphatic carbocycles. The van der Waals surface area contributed by atoms with Crippen molar-refractivity contribution in [1.29, 1.82) is 0 Å². The third kappa shape index (κ3) is 3.09. The van der Waals surface area contributed by atoms with E-state index in [1.54, 1.807) is 0 Å². The average molecular weight is 686 g/mol. The molecule has 1 saturated heterocycles. The third-order valence-electron chi connectivity index (χ3n) is 10.4. The molecule has 6 atom stereocenters. The highest BCUT2D eigenvalue weighted by atomic mass is 79.9. The molecule has 4 bridgehead atoms. The number of hydrogen-bond acceptors (Lipinski definition) is 2. The van der Waals surface area contributed by atoms with Crippen molar-refractivity contribution in [2.24, 2.45) is 11.8 Å². The van der Waals surface area contributed by atoms with Crippen molar-refractivity contribution in [3.8, 4) is 0 Å². The minimum absolute atomic E-state index is 0.0733. The van der Waals surface area contributed by atoms with Crippen LogP contribution in [0.5, 0.6) is 0 Å². The highest BCUT2D eigenvalue weighted by Crippen LogP contribution is 2.81. The normalized spacial score (nSPS) is 29.7. The minimum Gasteiger partial charge on any atom is -0.365 e. The van der Waals surface area contributed by atoms with E-state index < -0.39 is 10.8 Å². The number of allylic oxidation sites excluding steroid dienone is 2. The van der Waals surface area contributed by atoms with E-state index in [2.05, 4.69) is 153 Å². The summed E-state index contributed by atoms with van der Waals surface area (Å²) >= 11 is 7.52. The van der Waals surface area contributed by atoms with Crippen LogP contribution in [0, 0.1) is 11.8 Å². The van der Waals surface area contributed by atoms with Crippen LogP contribution < -0.4 is 0 Å². The summed E-state index contributed by atoms with van der Waals surface area (Å²) < 4.78 is 9.10. The first-order valence-electron chi connectivity index (χ1n) is 14.8. The van der Waals surface area contributed by atoms with Gasteiger partial charge in [0.25, 0.3) is 0 Å². The molecule has 4 heteroatoms. The van der Waals surface area contributed by atoms with E-state index in [-0.39, 0.29) is 29.8 Å². The largest absolute Gasteiger partial charge is 0.365 e. The number of ether oxygens (including phenoxy) is 1. The van der Waals surface area contributed by atoms with Crippen molar-refractivity contribution in [1.82, 2.24) is 0 Å². The van der Waals surface area contributed by atoms with Crippen LogP contribution >= 0.6 is 31.9 Å². The number of rotatable bonds is 4. The van der Waals surface area contributed by atoms with Gasteiger partial charge in [0, 0.05) is 20.8 Å². The van der Waals surface area contributed by atoms with E-state index in [1.807, 2.05) is 12.1 Å². The zero-order valence-electron chi connectivity index (χ0n) is 23.1. The van der Waals surface area contributed by atoms with Crippen LogP contribution in [0.4, 0.5) is 0 Å². The van der Waals surface area contributed by atoms with Crippen LogP contribution in [0.2, 0.25) is 0 Å². The molecule has 2 heterocycles. The van der Waals surface area contributed by atoms with Gasteiger partial charge in [-0.2, -0.15) is 0 Å². The summed E-state index contributed by atoms with van der Waals surface area (Å²) in [4.78, 5) is 16.1. The molecule has 0 aromatic heterocycles. The zero-order valence-corrected chi connectivity index (χ0v) is 26.3. The number of carbonyl (C=O) groups excluding carboxylic acids is 1. The SMILES string of the molecule is O=C1[C@]2(c3ccccc3)C(c3ccccc3)=C(c3ccccc3)[C@]1(c1ccccc1)[C@H]1[C@@H]2[C@H]2O[C@H]1c1cc(Br)c(Br)cc12. The number of carbonyl (C=O) groups is 1. The van der Waals surface area contributed by atoms with Crippen LogP contribution in [-0.4, -0.2) is 5.78 Å². The van der Waals surface area contributed by atoms with Crippen LogP contribution in [-0.2, 0) is 20.4 Å². The fourth-order valence-corrected chi connectivity index (χ4v) is 9.88. The van der Waals surface area contributed by atoms with E-state index in [0.717, 1.165) is 42.3 Å². The molecular formula is C39H26Br2O2. The lowest BCUT2D eigenvalue weighted by molar-refractivity contribution is -0.125. The molecule has 43 heavy (non-hydrogen) atoms. The summed E-state index contributed by atoms with van der Waals surface area (Å²) in [6.07, 6.45) is -0.416. The number of hydrogen-bond donors (Lipinski definition) is 0. The smallest absolute Gasteiger partial charge is 0.163 e. The molecule has 0 radical (unpaired) electrons. The third-order valence-corrected chi connectivity index (χ3v) is 12.3. The first kappa shape index (κ1) is 25.9. The maximum atomic E-state index is 16.1. The van der Waals surface area contributed by atoms with Gasteiger partial charge in [-0.25, -0.2) is 0 Å². The van der Waals surface area contributed by atoms with Gasteiger partial charge in [0.05, 0.1) is 23.0 Å². The summed E-state index contributed by atoms with van der Waals surface area (Å²) in [5.41, 5.74) is 7.10. The minimum atomic E-state index is -0.898. The van der Waals surface area contributed by atoms with Crippen molar-refractivity contribution >= 4 is 48.8 Å². The predicted octanol–water partition coefficient (Wildman–Crippen LogP) is 9.65. The second kappa shape index (κ2) is 9.22. The summed E-state index contributed by atoms with van der Waals surface area (Å²) in [7, 11) is 0. The number of fused-ring (bicyclic) bond motifs is 12. The monoisotopic (exact) mass is 684 g/mol. The Morgan fingerprint density at radius 2 is 0.860 bits per heavy atom. The predicted molar refractivity (Wildman–Crippen MR) is 176 cm³/mol. The lowest BCUT2D eigenvalue weighted by atomic mass is 9.54. The first-order chi connectivity index (χ1) is 21.1. The molecule has 2 aliphatic heterocycles. The summed E-state index contributed by atoms with van der Waals surface area (Å²) in [5, 5.41) is 0. The molecule has 0 amide bonds. The van der Waals surface area contributed by atoms with Crippen molar-refractivity contribution in [2.75, 3.05) is 0 Å². The summed E-state index contributed by atoms with van der Waals surface area (Å²) in [5.74, 6) is 0.126. The van der Waals surface area contributed by atoms with Crippen molar-refractivity contribution in [3.05, 3.63) is 176 Å². The Morgan fingerprint density at radius 1 is 0.512 bits per heavy atom. The lowest BCUT2D eigenvalue weighted by Gasteiger charge is -2.45. The highest BCUT2D eigenvalue weighted by Gasteiger charge is 2.82. The molecular weight excluding hydrogens is 660 g/mol. The summed E-state index contributed by atoms with van der Waals surface area (Å²) in [6, 6.07) is 46.7. The van der Waals surface area contributed by atoms with Gasteiger partial charge in [-0.3, -0.25) is 4.79 Å². The molecule has 0 N–H and O–H groups in total. The topological polar surface area (TPSA) is 26.3 Å². The number of halogens is 2. The van der Waals surface area contributed by atoms with E-state index in [4.69, 9.17) is 4.74 Å². The number of benzene rings is 5. The Kier molecular flexibility index (Phi) is 5.55. The van der Waals surface area contributed by atoms with Gasteiger partial charge in [-0.15, -0.1) is 0 Å². The van der Waals surface area contributed by atoms with Crippen LogP contribution in [0.1, 0.15) is 45.6 Å². The molecule has 0 spiro atoms. The van der Waals surface area contributed by atoms with Crippen LogP contribution in [0.15, 0.2) is 142 Å². The van der Waals surface area contributed by atoms with Gasteiger partial charge in [0.2, 0.25) is 0 Å². The standard InChI is InChI=1S/C39H26Br2O2/c40-29-21-27-28(22-30(29)41)36-34-33(35(27)43-36)38(25-17-9-3-10-18-25)31(23-13-5-1-6-14-23)32(24-15-7-2-8-16-24)39(34,37(38)42)26-19-11-4-12-20-26/h1-22,33-36H/t33-,34+,35-,36-,38+,39+/m0/s1. The molecule has 4 aliphatic rings. The maximum absolute atomic E-state index is 16.1. The van der Waals surface area contributed by atoms with Gasteiger partial charge >= 0.3 is 0 Å². The number of Topliss-reactive ketones (excluding diaryl/α,β-unsaturated/α-hetero) is 1. The lowest BCUT2D eigenvalue weighted by Crippen LogP contribution is -2.42. The molecule has 2 nitrogen and oxygen atoms in total. The van der Waals surface area contributed by atoms with E-state index in [9.17, 15) is 0 Å². The van der Waals surface area contributed by atoms with Gasteiger partial charge in [-0.1, -0.05) is 121 Å². The quantitative estimate of drug-likeness (QED) is 0.188. The Bertz CT molecular complexity index is 1810. The fraction of sp³-hybridized carbons (Fsp3) is 0.154. The van der Waals surface area contributed by atoms with Crippen LogP contribution in [0.3, 0.4) is 0 Å². The van der Waals surface area contributed by atoms with E-state index in [1.165, 1.54) is 11.1 Å². The second-order valence-electron chi connectivity index (χ2n) is 12.1. The molecule has 2 fully saturated rings. The Morgan fingerprint density at radius 3 is 1.23 bits per heavy atom.